The van der Waals surface area contributed by atoms with Crippen molar-refractivity contribution in [3.63, 3.8) is 0 Å². The lowest BCUT2D eigenvalue weighted by Gasteiger charge is -2.05. The molecule has 0 radical (unpaired) electrons. The van der Waals surface area contributed by atoms with Gasteiger partial charge in [-0.25, -0.2) is 4.98 Å². The van der Waals surface area contributed by atoms with Gasteiger partial charge in [0.2, 0.25) is 0 Å². The highest BCUT2D eigenvalue weighted by Gasteiger charge is 2.16. The molecule has 0 fully saturated rings. The molecular formula is C9H8BN3O3. The number of aromatic nitrogens is 2. The first-order valence-corrected chi connectivity index (χ1v) is 4.48. The molecular weight excluding hydrogens is 209 g/mol. The fourth-order valence-corrected chi connectivity index (χ4v) is 1.43. The standard InChI is InChI=1S/C9H8BN3O3/c1-16-8-2-6(10(14)15)4-13-5-7(3-11)12-9(8)13/h2,4-5,14-15H,1H3. The minimum absolute atomic E-state index is 0.239. The summed E-state index contributed by atoms with van der Waals surface area (Å²) in [5, 5.41) is 26.9. The van der Waals surface area contributed by atoms with Crippen molar-refractivity contribution in [2.75, 3.05) is 7.11 Å². The zero-order valence-corrected chi connectivity index (χ0v) is 8.45. The van der Waals surface area contributed by atoms with E-state index in [4.69, 9.17) is 20.0 Å². The first kappa shape index (κ1) is 10.5. The van der Waals surface area contributed by atoms with Crippen LogP contribution in [0.1, 0.15) is 5.69 Å². The highest BCUT2D eigenvalue weighted by Crippen LogP contribution is 2.17. The zero-order valence-electron chi connectivity index (χ0n) is 8.45. The minimum atomic E-state index is -1.59. The Morgan fingerprint density at radius 1 is 1.50 bits per heavy atom. The van der Waals surface area contributed by atoms with Gasteiger partial charge in [0.15, 0.2) is 17.1 Å². The lowest BCUT2D eigenvalue weighted by atomic mass is 9.81. The summed E-state index contributed by atoms with van der Waals surface area (Å²) in [6.45, 7) is 0. The largest absolute Gasteiger partial charge is 0.493 e. The summed E-state index contributed by atoms with van der Waals surface area (Å²) < 4.78 is 6.58. The van der Waals surface area contributed by atoms with Gasteiger partial charge in [-0.3, -0.25) is 0 Å². The number of methoxy groups -OCH3 is 1. The summed E-state index contributed by atoms with van der Waals surface area (Å²) in [5.41, 5.74) is 0.970. The van der Waals surface area contributed by atoms with Crippen LogP contribution in [0, 0.1) is 11.3 Å². The van der Waals surface area contributed by atoms with E-state index in [-0.39, 0.29) is 11.2 Å². The van der Waals surface area contributed by atoms with Crippen molar-refractivity contribution in [3.05, 3.63) is 24.2 Å². The number of rotatable bonds is 2. The van der Waals surface area contributed by atoms with Crippen molar-refractivity contribution >= 4 is 18.2 Å². The van der Waals surface area contributed by atoms with Crippen LogP contribution in [0.15, 0.2) is 18.5 Å². The molecule has 0 aliphatic carbocycles. The van der Waals surface area contributed by atoms with E-state index in [1.54, 1.807) is 0 Å². The average Bonchev–Trinajstić information content (AvgIpc) is 2.70. The molecule has 0 saturated carbocycles. The Hall–Kier alpha value is -2.04. The normalized spacial score (nSPS) is 10.1. The van der Waals surface area contributed by atoms with E-state index in [0.29, 0.717) is 11.4 Å². The maximum Gasteiger partial charge on any atom is 0.490 e. The van der Waals surface area contributed by atoms with Crippen LogP contribution >= 0.6 is 0 Å². The van der Waals surface area contributed by atoms with Crippen molar-refractivity contribution in [1.29, 1.82) is 5.26 Å². The number of hydrogen-bond donors (Lipinski definition) is 2. The third-order valence-corrected chi connectivity index (χ3v) is 2.17. The molecule has 80 valence electrons. The number of ether oxygens (including phenoxy) is 1. The molecule has 6 nitrogen and oxygen atoms in total. The second-order valence-corrected chi connectivity index (χ2v) is 3.18. The number of imidazole rings is 1. The van der Waals surface area contributed by atoms with E-state index in [9.17, 15) is 0 Å². The van der Waals surface area contributed by atoms with Gasteiger partial charge in [-0.15, -0.1) is 0 Å². The molecule has 2 N–H and O–H groups in total. The lowest BCUT2D eigenvalue weighted by molar-refractivity contribution is 0.413. The van der Waals surface area contributed by atoms with Crippen LogP contribution in [0.4, 0.5) is 0 Å². The molecule has 0 aliphatic heterocycles. The Labute approximate surface area is 91.5 Å². The molecule has 0 amide bonds. The molecule has 0 saturated heterocycles. The molecule has 2 aromatic rings. The predicted octanol–water partition coefficient (Wildman–Crippen LogP) is -1.11. The summed E-state index contributed by atoms with van der Waals surface area (Å²) in [7, 11) is -0.143. The molecule has 0 aromatic carbocycles. The Balaban J connectivity index is 2.72. The number of nitrogens with zero attached hydrogens (tertiary/aromatic N) is 3. The van der Waals surface area contributed by atoms with Crippen LogP contribution in [0.25, 0.3) is 5.65 Å². The quantitative estimate of drug-likeness (QED) is 0.622. The van der Waals surface area contributed by atoms with E-state index in [1.807, 2.05) is 6.07 Å². The van der Waals surface area contributed by atoms with Crippen molar-refractivity contribution in [1.82, 2.24) is 9.38 Å². The fourth-order valence-electron chi connectivity index (χ4n) is 1.43. The van der Waals surface area contributed by atoms with E-state index in [1.165, 1.54) is 30.0 Å². The Kier molecular flexibility index (Phi) is 2.52. The van der Waals surface area contributed by atoms with Gasteiger partial charge in [-0.05, 0) is 6.07 Å². The summed E-state index contributed by atoms with van der Waals surface area (Å²) in [6, 6.07) is 3.37. The summed E-state index contributed by atoms with van der Waals surface area (Å²) in [5.74, 6) is 0.382. The van der Waals surface area contributed by atoms with Crippen molar-refractivity contribution in [2.24, 2.45) is 0 Å². The van der Waals surface area contributed by atoms with Gasteiger partial charge < -0.3 is 19.2 Å². The second-order valence-electron chi connectivity index (χ2n) is 3.18. The van der Waals surface area contributed by atoms with Gasteiger partial charge in [0, 0.05) is 17.9 Å². The Morgan fingerprint density at radius 2 is 2.25 bits per heavy atom. The van der Waals surface area contributed by atoms with Crippen molar-refractivity contribution in [2.45, 2.75) is 0 Å². The molecule has 0 unspecified atom stereocenters. The fraction of sp³-hybridized carbons (Fsp3) is 0.111. The van der Waals surface area contributed by atoms with Crippen LogP contribution in [0.3, 0.4) is 0 Å². The van der Waals surface area contributed by atoms with Gasteiger partial charge in [-0.2, -0.15) is 5.26 Å². The van der Waals surface area contributed by atoms with Gasteiger partial charge in [0.05, 0.1) is 7.11 Å². The van der Waals surface area contributed by atoms with Gasteiger partial charge in [0.25, 0.3) is 0 Å². The third kappa shape index (κ3) is 1.60. The molecule has 0 atom stereocenters. The van der Waals surface area contributed by atoms with Crippen molar-refractivity contribution < 1.29 is 14.8 Å². The zero-order chi connectivity index (χ0) is 11.7. The average molecular weight is 217 g/mol. The first-order chi connectivity index (χ1) is 7.65. The molecule has 16 heavy (non-hydrogen) atoms. The topological polar surface area (TPSA) is 90.8 Å². The van der Waals surface area contributed by atoms with E-state index >= 15 is 0 Å². The van der Waals surface area contributed by atoms with Gasteiger partial charge >= 0.3 is 7.12 Å². The first-order valence-electron chi connectivity index (χ1n) is 4.48. The maximum absolute atomic E-state index is 9.07. The summed E-state index contributed by atoms with van der Waals surface area (Å²) in [4.78, 5) is 4.02. The molecule has 7 heteroatoms. The number of hydrogen-bond acceptors (Lipinski definition) is 5. The maximum atomic E-state index is 9.07. The molecule has 0 spiro atoms. The molecule has 2 heterocycles. The summed E-state index contributed by atoms with van der Waals surface area (Å²) >= 11 is 0. The van der Waals surface area contributed by atoms with Crippen molar-refractivity contribution in [3.8, 4) is 11.8 Å². The Morgan fingerprint density at radius 3 is 2.81 bits per heavy atom. The molecule has 0 bridgehead atoms. The van der Waals surface area contributed by atoms with Gasteiger partial charge in [-0.1, -0.05) is 0 Å². The SMILES string of the molecule is COc1cc(B(O)O)cn2cc(C#N)nc12. The van der Waals surface area contributed by atoms with Crippen LogP contribution < -0.4 is 10.2 Å². The molecule has 2 aromatic heterocycles. The lowest BCUT2D eigenvalue weighted by Crippen LogP contribution is -2.30. The second kappa shape index (κ2) is 3.85. The number of nitriles is 1. The van der Waals surface area contributed by atoms with Crippen LogP contribution in [0.2, 0.25) is 0 Å². The molecule has 2 rings (SSSR count). The number of pyridine rings is 1. The summed E-state index contributed by atoms with van der Waals surface area (Å²) in [6.07, 6.45) is 2.97. The van der Waals surface area contributed by atoms with Crippen LogP contribution in [-0.4, -0.2) is 33.7 Å². The van der Waals surface area contributed by atoms with E-state index in [2.05, 4.69) is 4.98 Å². The minimum Gasteiger partial charge on any atom is -0.493 e. The highest BCUT2D eigenvalue weighted by molar-refractivity contribution is 6.58. The van der Waals surface area contributed by atoms with Crippen LogP contribution in [0.5, 0.6) is 5.75 Å². The predicted molar refractivity (Wildman–Crippen MR) is 56.3 cm³/mol. The molecule has 0 aliphatic rings. The van der Waals surface area contributed by atoms with E-state index in [0.717, 1.165) is 0 Å². The number of fused-ring (bicyclic) bond motifs is 1. The monoisotopic (exact) mass is 217 g/mol. The van der Waals surface area contributed by atoms with E-state index < -0.39 is 7.12 Å². The van der Waals surface area contributed by atoms with Gasteiger partial charge in [0.1, 0.15) is 6.07 Å². The Bertz CT molecular complexity index is 573. The highest BCUT2D eigenvalue weighted by atomic mass is 16.5. The van der Waals surface area contributed by atoms with Crippen LogP contribution in [-0.2, 0) is 0 Å². The third-order valence-electron chi connectivity index (χ3n) is 2.17. The smallest absolute Gasteiger partial charge is 0.490 e.